The van der Waals surface area contributed by atoms with E-state index in [1.165, 1.54) is 19.1 Å². The van der Waals surface area contributed by atoms with Gasteiger partial charge in [-0.25, -0.2) is 9.49 Å². The Kier molecular flexibility index (Phi) is 5.86. The highest BCUT2D eigenvalue weighted by Gasteiger charge is 2.32. The second-order valence-corrected chi connectivity index (χ2v) is 8.68. The molecule has 2 atom stereocenters. The van der Waals surface area contributed by atoms with Crippen LogP contribution in [0.5, 0.6) is 0 Å². The fraction of sp³-hybridized carbons (Fsp3) is 0.185. The van der Waals surface area contributed by atoms with Gasteiger partial charge in [0, 0.05) is 18.7 Å². The van der Waals surface area contributed by atoms with Gasteiger partial charge in [0.05, 0.1) is 28.7 Å². The third kappa shape index (κ3) is 4.42. The first kappa shape index (κ1) is 22.5. The minimum atomic E-state index is -0.629. The summed E-state index contributed by atoms with van der Waals surface area (Å²) >= 11 is 0. The minimum Gasteiger partial charge on any atom is -0.349 e. The van der Waals surface area contributed by atoms with Gasteiger partial charge in [-0.15, -0.1) is 0 Å². The summed E-state index contributed by atoms with van der Waals surface area (Å²) in [5, 5.41) is 13.7. The Balaban J connectivity index is 1.40. The van der Waals surface area contributed by atoms with E-state index in [9.17, 15) is 18.8 Å². The molecule has 7 nitrogen and oxygen atoms in total. The third-order valence-corrected chi connectivity index (χ3v) is 6.32. The summed E-state index contributed by atoms with van der Waals surface area (Å²) in [4.78, 5) is 36.8. The molecule has 0 bridgehead atoms. The highest BCUT2D eigenvalue weighted by atomic mass is 19.1. The number of benzene rings is 3. The quantitative estimate of drug-likeness (QED) is 0.414. The first-order valence-corrected chi connectivity index (χ1v) is 11.3. The molecule has 0 spiro atoms. The van der Waals surface area contributed by atoms with E-state index >= 15 is 0 Å². The number of halogens is 1. The molecule has 0 aliphatic heterocycles. The summed E-state index contributed by atoms with van der Waals surface area (Å²) in [5.74, 6) is -1.32. The zero-order valence-electron chi connectivity index (χ0n) is 19.0. The number of hydrogen-bond acceptors (Lipinski definition) is 4. The lowest BCUT2D eigenvalue weighted by atomic mass is 10.0. The maximum Gasteiger partial charge on any atom is 0.272 e. The molecule has 2 unspecified atom stereocenters. The van der Waals surface area contributed by atoms with E-state index in [0.29, 0.717) is 34.9 Å². The van der Waals surface area contributed by atoms with Crippen molar-refractivity contribution in [1.29, 1.82) is 0 Å². The topological polar surface area (TPSA) is 104 Å². The van der Waals surface area contributed by atoms with Gasteiger partial charge in [-0.1, -0.05) is 48.5 Å². The molecular formula is C27H23FN4O3. The SMILES string of the molecule is CC(=O)NC1CC(NC(=O)c2cc(Cc3n[nH]c(=O)c4ccccc34)ccc2F)c2ccccc21. The van der Waals surface area contributed by atoms with Crippen molar-refractivity contribution in [3.05, 3.63) is 111 Å². The van der Waals surface area contributed by atoms with E-state index in [1.54, 1.807) is 18.2 Å². The second-order valence-electron chi connectivity index (χ2n) is 8.68. The standard InChI is InChI=1S/C27H23FN4O3/c1-15(33)29-23-14-24(18-7-3-2-6-17(18)23)30-26(34)21-12-16(10-11-22(21)28)13-25-19-8-4-5-9-20(19)27(35)32-31-25/h2-12,23-24H,13-14H2,1H3,(H,29,33)(H,30,34)(H,32,35). The number of aromatic amines is 1. The van der Waals surface area contributed by atoms with Crippen LogP contribution in [-0.4, -0.2) is 22.0 Å². The van der Waals surface area contributed by atoms with E-state index in [2.05, 4.69) is 20.8 Å². The molecule has 1 aliphatic rings. The van der Waals surface area contributed by atoms with Gasteiger partial charge in [-0.05, 0) is 41.3 Å². The fourth-order valence-corrected chi connectivity index (χ4v) is 4.75. The molecule has 3 N–H and O–H groups in total. The van der Waals surface area contributed by atoms with Crippen LogP contribution in [0.2, 0.25) is 0 Å². The summed E-state index contributed by atoms with van der Waals surface area (Å²) in [6, 6.07) is 18.5. The molecule has 176 valence electrons. The number of rotatable bonds is 5. The molecule has 0 saturated carbocycles. The molecule has 0 fully saturated rings. The van der Waals surface area contributed by atoms with Crippen LogP contribution in [0.1, 0.15) is 58.2 Å². The van der Waals surface area contributed by atoms with Crippen molar-refractivity contribution in [1.82, 2.24) is 20.8 Å². The number of nitrogens with zero attached hydrogens (tertiary/aromatic N) is 1. The summed E-state index contributed by atoms with van der Waals surface area (Å²) in [6.07, 6.45) is 0.800. The molecule has 1 aliphatic carbocycles. The minimum absolute atomic E-state index is 0.0725. The fourth-order valence-electron chi connectivity index (χ4n) is 4.75. The van der Waals surface area contributed by atoms with Crippen molar-refractivity contribution < 1.29 is 14.0 Å². The predicted octanol–water partition coefficient (Wildman–Crippen LogP) is 3.71. The van der Waals surface area contributed by atoms with Crippen LogP contribution in [0, 0.1) is 5.82 Å². The van der Waals surface area contributed by atoms with E-state index in [1.807, 2.05) is 36.4 Å². The van der Waals surface area contributed by atoms with Gasteiger partial charge >= 0.3 is 0 Å². The normalized spacial score (nSPS) is 16.6. The maximum atomic E-state index is 14.7. The number of carbonyl (C=O) groups is 2. The Hall–Kier alpha value is -4.33. The predicted molar refractivity (Wildman–Crippen MR) is 129 cm³/mol. The number of hydrogen-bond donors (Lipinski definition) is 3. The lowest BCUT2D eigenvalue weighted by Crippen LogP contribution is -2.29. The lowest BCUT2D eigenvalue weighted by molar-refractivity contribution is -0.119. The van der Waals surface area contributed by atoms with Gasteiger partial charge in [-0.2, -0.15) is 5.10 Å². The van der Waals surface area contributed by atoms with E-state index in [0.717, 1.165) is 11.1 Å². The van der Waals surface area contributed by atoms with Crippen molar-refractivity contribution >= 4 is 22.6 Å². The Morgan fingerprint density at radius 2 is 1.63 bits per heavy atom. The number of aromatic nitrogens is 2. The molecule has 0 radical (unpaired) electrons. The molecule has 1 heterocycles. The van der Waals surface area contributed by atoms with Gasteiger partial charge < -0.3 is 10.6 Å². The summed E-state index contributed by atoms with van der Waals surface area (Å²) in [6.45, 7) is 1.45. The van der Waals surface area contributed by atoms with Gasteiger partial charge in [0.15, 0.2) is 0 Å². The van der Waals surface area contributed by atoms with Gasteiger partial charge in [0.1, 0.15) is 5.82 Å². The maximum absolute atomic E-state index is 14.7. The van der Waals surface area contributed by atoms with Crippen molar-refractivity contribution in [3.63, 3.8) is 0 Å². The molecule has 35 heavy (non-hydrogen) atoms. The zero-order chi connectivity index (χ0) is 24.5. The first-order chi connectivity index (χ1) is 16.9. The van der Waals surface area contributed by atoms with Crippen LogP contribution < -0.4 is 16.2 Å². The second kappa shape index (κ2) is 9.13. The Morgan fingerprint density at radius 3 is 2.34 bits per heavy atom. The van der Waals surface area contributed by atoms with Gasteiger partial charge in [-0.3, -0.25) is 14.4 Å². The van der Waals surface area contributed by atoms with Crippen molar-refractivity contribution in [3.8, 4) is 0 Å². The van der Waals surface area contributed by atoms with Crippen LogP contribution in [0.4, 0.5) is 4.39 Å². The molecule has 2 amide bonds. The van der Waals surface area contributed by atoms with Crippen LogP contribution in [0.3, 0.4) is 0 Å². The van der Waals surface area contributed by atoms with E-state index < -0.39 is 11.7 Å². The van der Waals surface area contributed by atoms with Crippen molar-refractivity contribution in [2.45, 2.75) is 31.8 Å². The van der Waals surface area contributed by atoms with E-state index in [-0.39, 0.29) is 29.1 Å². The van der Waals surface area contributed by atoms with Crippen LogP contribution in [0.15, 0.2) is 71.5 Å². The molecule has 0 saturated heterocycles. The number of fused-ring (bicyclic) bond motifs is 2. The summed E-state index contributed by atoms with van der Waals surface area (Å²) in [7, 11) is 0. The number of carbonyl (C=O) groups excluding carboxylic acids is 2. The average Bonchev–Trinajstić information content (AvgIpc) is 3.18. The highest BCUT2D eigenvalue weighted by molar-refractivity contribution is 5.95. The number of H-pyrrole nitrogens is 1. The van der Waals surface area contributed by atoms with Crippen LogP contribution in [0.25, 0.3) is 10.8 Å². The number of amides is 2. The Bertz CT molecular complexity index is 1510. The molecule has 1 aromatic heterocycles. The third-order valence-electron chi connectivity index (χ3n) is 6.32. The zero-order valence-corrected chi connectivity index (χ0v) is 19.0. The van der Waals surface area contributed by atoms with E-state index in [4.69, 9.17) is 0 Å². The largest absolute Gasteiger partial charge is 0.349 e. The first-order valence-electron chi connectivity index (χ1n) is 11.3. The molecule has 8 heteroatoms. The van der Waals surface area contributed by atoms with Crippen LogP contribution >= 0.6 is 0 Å². The summed E-state index contributed by atoms with van der Waals surface area (Å²) in [5.41, 5.74) is 2.80. The lowest BCUT2D eigenvalue weighted by Gasteiger charge is -2.16. The molecule has 4 aromatic rings. The van der Waals surface area contributed by atoms with Crippen LogP contribution in [-0.2, 0) is 11.2 Å². The number of nitrogens with one attached hydrogen (secondary N) is 3. The smallest absolute Gasteiger partial charge is 0.272 e. The average molecular weight is 471 g/mol. The highest BCUT2D eigenvalue weighted by Crippen LogP contribution is 2.38. The Morgan fingerprint density at radius 1 is 0.971 bits per heavy atom. The van der Waals surface area contributed by atoms with Gasteiger partial charge in [0.25, 0.3) is 11.5 Å². The summed E-state index contributed by atoms with van der Waals surface area (Å²) < 4.78 is 14.7. The van der Waals surface area contributed by atoms with Crippen molar-refractivity contribution in [2.24, 2.45) is 0 Å². The molecular weight excluding hydrogens is 447 g/mol. The monoisotopic (exact) mass is 470 g/mol. The van der Waals surface area contributed by atoms with Crippen molar-refractivity contribution in [2.75, 3.05) is 0 Å². The Labute approximate surface area is 200 Å². The molecule has 5 rings (SSSR count). The molecule has 3 aromatic carbocycles. The van der Waals surface area contributed by atoms with Gasteiger partial charge in [0.2, 0.25) is 5.91 Å².